The Morgan fingerprint density at radius 3 is 2.00 bits per heavy atom. The molecule has 2 aromatic rings. The van der Waals surface area contributed by atoms with E-state index in [2.05, 4.69) is 40.3 Å². The largest absolute Gasteiger partial charge is 0.355 e. The van der Waals surface area contributed by atoms with Gasteiger partial charge in [0, 0.05) is 29.5 Å². The van der Waals surface area contributed by atoms with E-state index in [4.69, 9.17) is 12.2 Å². The molecule has 0 saturated carbocycles. The highest BCUT2D eigenvalue weighted by molar-refractivity contribution is 7.80. The van der Waals surface area contributed by atoms with E-state index < -0.39 is 5.66 Å². The van der Waals surface area contributed by atoms with Crippen LogP contribution in [0.5, 0.6) is 0 Å². The molecule has 5 heteroatoms. The standard InChI is InChI=1S/C15H14N4S/c1-19-15(17-14(20)18-19)10-6-2-4-8-12(10)16-13-9-5-3-7-11(13)15/h2-9,16H,1H3,(H2,17,18,20). The van der Waals surface area contributed by atoms with Crippen molar-refractivity contribution < 1.29 is 0 Å². The van der Waals surface area contributed by atoms with Crippen molar-refractivity contribution in [2.45, 2.75) is 5.66 Å². The van der Waals surface area contributed by atoms with Crippen LogP contribution in [0.2, 0.25) is 0 Å². The lowest BCUT2D eigenvalue weighted by molar-refractivity contribution is 0.153. The number of fused-ring (bicyclic) bond motifs is 4. The Hall–Kier alpha value is -2.11. The second-order valence-corrected chi connectivity index (χ2v) is 5.46. The first-order chi connectivity index (χ1) is 9.72. The van der Waals surface area contributed by atoms with Gasteiger partial charge in [-0.05, 0) is 24.4 Å². The normalized spacial score (nSPS) is 18.8. The second kappa shape index (κ2) is 3.94. The average molecular weight is 282 g/mol. The minimum absolute atomic E-state index is 0.463. The van der Waals surface area contributed by atoms with Crippen LogP contribution in [0, 0.1) is 0 Å². The third-order valence-electron chi connectivity index (χ3n) is 3.97. The number of hydrazine groups is 1. The molecule has 0 radical (unpaired) electrons. The van der Waals surface area contributed by atoms with Gasteiger partial charge in [0.05, 0.1) is 0 Å². The Labute approximate surface area is 122 Å². The van der Waals surface area contributed by atoms with E-state index in [0.717, 1.165) is 22.5 Å². The molecule has 20 heavy (non-hydrogen) atoms. The molecule has 2 aromatic carbocycles. The fraction of sp³-hybridized carbons (Fsp3) is 0.133. The van der Waals surface area contributed by atoms with Crippen molar-refractivity contribution in [2.24, 2.45) is 0 Å². The maximum Gasteiger partial charge on any atom is 0.183 e. The maximum absolute atomic E-state index is 5.32. The molecule has 3 N–H and O–H groups in total. The molecule has 2 aliphatic heterocycles. The first-order valence-corrected chi connectivity index (χ1v) is 6.91. The first kappa shape index (κ1) is 11.7. The summed E-state index contributed by atoms with van der Waals surface area (Å²) in [5, 5.41) is 9.60. The van der Waals surface area contributed by atoms with E-state index >= 15 is 0 Å². The van der Waals surface area contributed by atoms with Crippen LogP contribution in [0.25, 0.3) is 0 Å². The van der Waals surface area contributed by atoms with E-state index in [1.165, 1.54) is 0 Å². The van der Waals surface area contributed by atoms with Gasteiger partial charge in [-0.2, -0.15) is 5.01 Å². The van der Waals surface area contributed by atoms with Gasteiger partial charge < -0.3 is 10.6 Å². The summed E-state index contributed by atoms with van der Waals surface area (Å²) in [5.74, 6) is 0. The summed E-state index contributed by atoms with van der Waals surface area (Å²) in [4.78, 5) is 0. The van der Waals surface area contributed by atoms with Gasteiger partial charge in [-0.1, -0.05) is 36.4 Å². The molecule has 0 amide bonds. The van der Waals surface area contributed by atoms with Crippen LogP contribution in [0.3, 0.4) is 0 Å². The van der Waals surface area contributed by atoms with Crippen molar-refractivity contribution in [3.8, 4) is 0 Å². The van der Waals surface area contributed by atoms with Gasteiger partial charge in [0.15, 0.2) is 10.8 Å². The van der Waals surface area contributed by atoms with Gasteiger partial charge in [-0.25, -0.2) is 0 Å². The maximum atomic E-state index is 5.32. The third kappa shape index (κ3) is 1.36. The molecule has 1 spiro atoms. The van der Waals surface area contributed by atoms with Gasteiger partial charge in [-0.3, -0.25) is 5.43 Å². The highest BCUT2D eigenvalue weighted by atomic mass is 32.1. The number of benzene rings is 2. The van der Waals surface area contributed by atoms with E-state index in [9.17, 15) is 0 Å². The van der Waals surface area contributed by atoms with Gasteiger partial charge in [0.2, 0.25) is 0 Å². The fourth-order valence-corrected chi connectivity index (χ4v) is 3.40. The Bertz CT molecular complexity index is 667. The molecule has 0 aromatic heterocycles. The number of thiocarbonyl (C=S) groups is 1. The number of hydrogen-bond donors (Lipinski definition) is 3. The van der Waals surface area contributed by atoms with E-state index in [1.807, 2.05) is 36.3 Å². The highest BCUT2D eigenvalue weighted by Crippen LogP contribution is 2.46. The monoisotopic (exact) mass is 282 g/mol. The van der Waals surface area contributed by atoms with Crippen molar-refractivity contribution in [3.05, 3.63) is 59.7 Å². The summed E-state index contributed by atoms with van der Waals surface area (Å²) in [7, 11) is 2.01. The lowest BCUT2D eigenvalue weighted by atomic mass is 9.85. The zero-order chi connectivity index (χ0) is 13.7. The molecule has 0 unspecified atom stereocenters. The number of para-hydroxylation sites is 2. The summed E-state index contributed by atoms with van der Waals surface area (Å²) in [6.07, 6.45) is 0. The Kier molecular flexibility index (Phi) is 2.31. The minimum Gasteiger partial charge on any atom is -0.355 e. The summed E-state index contributed by atoms with van der Waals surface area (Å²) < 4.78 is 0. The molecule has 4 rings (SSSR count). The number of rotatable bonds is 0. The number of nitrogens with one attached hydrogen (secondary N) is 3. The number of anilines is 2. The molecular weight excluding hydrogens is 268 g/mol. The Morgan fingerprint density at radius 1 is 0.950 bits per heavy atom. The van der Waals surface area contributed by atoms with Crippen LogP contribution in [0.15, 0.2) is 48.5 Å². The van der Waals surface area contributed by atoms with Crippen molar-refractivity contribution in [1.29, 1.82) is 0 Å². The molecule has 4 nitrogen and oxygen atoms in total. The quantitative estimate of drug-likeness (QED) is 0.647. The molecule has 2 aliphatic rings. The minimum atomic E-state index is -0.463. The van der Waals surface area contributed by atoms with Crippen molar-refractivity contribution in [3.63, 3.8) is 0 Å². The first-order valence-electron chi connectivity index (χ1n) is 6.50. The molecular formula is C15H14N4S. The van der Waals surface area contributed by atoms with Gasteiger partial charge in [0.1, 0.15) is 0 Å². The summed E-state index contributed by atoms with van der Waals surface area (Å²) in [6.45, 7) is 0. The average Bonchev–Trinajstić information content (AvgIpc) is 2.75. The topological polar surface area (TPSA) is 39.3 Å². The fourth-order valence-electron chi connectivity index (χ4n) is 3.11. The predicted octanol–water partition coefficient (Wildman–Crippen LogP) is 2.27. The molecule has 0 aliphatic carbocycles. The van der Waals surface area contributed by atoms with E-state index in [1.54, 1.807) is 0 Å². The predicted molar refractivity (Wildman–Crippen MR) is 83.6 cm³/mol. The number of nitrogens with zero attached hydrogens (tertiary/aromatic N) is 1. The Balaban J connectivity index is 2.05. The molecule has 0 atom stereocenters. The SMILES string of the molecule is CN1NC(=S)NC12c1ccccc1Nc1ccccc12. The van der Waals surface area contributed by atoms with Gasteiger partial charge in [0.25, 0.3) is 0 Å². The lowest BCUT2D eigenvalue weighted by Gasteiger charge is -2.41. The van der Waals surface area contributed by atoms with E-state index in [0.29, 0.717) is 5.11 Å². The van der Waals surface area contributed by atoms with Gasteiger partial charge in [-0.15, -0.1) is 0 Å². The van der Waals surface area contributed by atoms with Crippen LogP contribution >= 0.6 is 12.2 Å². The zero-order valence-corrected chi connectivity index (χ0v) is 11.8. The van der Waals surface area contributed by atoms with Crippen LogP contribution in [0.4, 0.5) is 11.4 Å². The van der Waals surface area contributed by atoms with Crippen LogP contribution < -0.4 is 16.1 Å². The van der Waals surface area contributed by atoms with E-state index in [-0.39, 0.29) is 0 Å². The summed E-state index contributed by atoms with van der Waals surface area (Å²) >= 11 is 5.32. The van der Waals surface area contributed by atoms with Crippen molar-refractivity contribution >= 4 is 28.7 Å². The molecule has 1 saturated heterocycles. The number of hydrogen-bond acceptors (Lipinski definition) is 3. The smallest absolute Gasteiger partial charge is 0.183 e. The summed E-state index contributed by atoms with van der Waals surface area (Å²) in [5.41, 5.74) is 7.23. The molecule has 2 heterocycles. The lowest BCUT2D eigenvalue weighted by Crippen LogP contribution is -2.51. The van der Waals surface area contributed by atoms with Crippen molar-refractivity contribution in [1.82, 2.24) is 15.8 Å². The molecule has 1 fully saturated rings. The van der Waals surface area contributed by atoms with Crippen LogP contribution in [-0.4, -0.2) is 17.2 Å². The highest BCUT2D eigenvalue weighted by Gasteiger charge is 2.48. The summed E-state index contributed by atoms with van der Waals surface area (Å²) in [6, 6.07) is 16.6. The third-order valence-corrected chi connectivity index (χ3v) is 4.16. The Morgan fingerprint density at radius 2 is 1.50 bits per heavy atom. The van der Waals surface area contributed by atoms with Crippen LogP contribution in [0.1, 0.15) is 11.1 Å². The van der Waals surface area contributed by atoms with Gasteiger partial charge >= 0.3 is 0 Å². The second-order valence-electron chi connectivity index (χ2n) is 5.05. The van der Waals surface area contributed by atoms with Crippen LogP contribution in [-0.2, 0) is 5.66 Å². The zero-order valence-electron chi connectivity index (χ0n) is 11.0. The van der Waals surface area contributed by atoms with Crippen molar-refractivity contribution in [2.75, 3.05) is 12.4 Å². The molecule has 0 bridgehead atoms. The molecule has 100 valence electrons.